The molecular weight excluding hydrogens is 138 g/mol. The van der Waals surface area contributed by atoms with Gasteiger partial charge in [-0.05, 0) is 12.5 Å². The Labute approximate surface area is 66.5 Å². The third-order valence-electron chi connectivity index (χ3n) is 1.38. The maximum absolute atomic E-state index is 4.55. The van der Waals surface area contributed by atoms with Crippen LogP contribution >= 0.6 is 0 Å². The van der Waals surface area contributed by atoms with Crippen LogP contribution in [0.2, 0.25) is 0 Å². The Morgan fingerprint density at radius 1 is 1.27 bits per heavy atom. The van der Waals surface area contributed by atoms with Crippen molar-refractivity contribution in [1.29, 1.82) is 0 Å². The molecule has 0 heterocycles. The Balaban J connectivity index is 2.73. The van der Waals surface area contributed by atoms with Crippen LogP contribution in [-0.4, -0.2) is 13.3 Å². The van der Waals surface area contributed by atoms with Crippen molar-refractivity contribution in [2.45, 2.75) is 6.92 Å². The number of aryl methyl sites for hydroxylation is 1. The molecule has 11 heavy (non-hydrogen) atoms. The Kier molecular flexibility index (Phi) is 2.66. The van der Waals surface area contributed by atoms with Gasteiger partial charge < -0.3 is 4.84 Å². The first-order valence-corrected chi connectivity index (χ1v) is 3.46. The largest absolute Gasteiger partial charge is 0.399 e. The SMILES string of the molecule is CO/N=C/c1ccc(C)cc1. The van der Waals surface area contributed by atoms with Gasteiger partial charge in [0.15, 0.2) is 0 Å². The van der Waals surface area contributed by atoms with Gasteiger partial charge in [-0.25, -0.2) is 0 Å². The summed E-state index contributed by atoms with van der Waals surface area (Å²) in [5.74, 6) is 0. The van der Waals surface area contributed by atoms with E-state index in [0.717, 1.165) is 5.56 Å². The minimum absolute atomic E-state index is 1.05. The summed E-state index contributed by atoms with van der Waals surface area (Å²) in [6.45, 7) is 2.05. The molecule has 2 nitrogen and oxygen atoms in total. The predicted octanol–water partition coefficient (Wildman–Crippen LogP) is 1.98. The molecule has 0 spiro atoms. The molecule has 0 amide bonds. The lowest BCUT2D eigenvalue weighted by Crippen LogP contribution is -1.81. The quantitative estimate of drug-likeness (QED) is 0.465. The molecule has 0 radical (unpaired) electrons. The third-order valence-corrected chi connectivity index (χ3v) is 1.38. The Morgan fingerprint density at radius 2 is 1.91 bits per heavy atom. The summed E-state index contributed by atoms with van der Waals surface area (Å²) in [5.41, 5.74) is 2.30. The molecule has 0 unspecified atom stereocenters. The first-order valence-electron chi connectivity index (χ1n) is 3.46. The number of oxime groups is 1. The van der Waals surface area contributed by atoms with E-state index in [4.69, 9.17) is 0 Å². The highest BCUT2D eigenvalue weighted by Gasteiger charge is 1.85. The number of benzene rings is 1. The van der Waals surface area contributed by atoms with Crippen LogP contribution in [0.1, 0.15) is 11.1 Å². The van der Waals surface area contributed by atoms with E-state index in [-0.39, 0.29) is 0 Å². The second-order valence-corrected chi connectivity index (χ2v) is 2.33. The van der Waals surface area contributed by atoms with Gasteiger partial charge in [0.05, 0.1) is 6.21 Å². The lowest BCUT2D eigenvalue weighted by atomic mass is 10.2. The normalized spacial score (nSPS) is 10.4. The van der Waals surface area contributed by atoms with Gasteiger partial charge >= 0.3 is 0 Å². The molecule has 58 valence electrons. The average Bonchev–Trinajstić information content (AvgIpc) is 2.04. The van der Waals surface area contributed by atoms with E-state index >= 15 is 0 Å². The minimum atomic E-state index is 1.05. The molecule has 0 aromatic heterocycles. The predicted molar refractivity (Wildman–Crippen MR) is 45.8 cm³/mol. The van der Waals surface area contributed by atoms with Gasteiger partial charge in [-0.3, -0.25) is 0 Å². The average molecular weight is 149 g/mol. The lowest BCUT2D eigenvalue weighted by molar-refractivity contribution is 0.215. The molecule has 0 fully saturated rings. The lowest BCUT2D eigenvalue weighted by Gasteiger charge is -1.92. The maximum atomic E-state index is 4.55. The molecule has 0 N–H and O–H groups in total. The first-order chi connectivity index (χ1) is 5.33. The van der Waals surface area contributed by atoms with E-state index in [1.165, 1.54) is 12.7 Å². The zero-order valence-corrected chi connectivity index (χ0v) is 6.74. The van der Waals surface area contributed by atoms with E-state index in [0.29, 0.717) is 0 Å². The van der Waals surface area contributed by atoms with Crippen molar-refractivity contribution in [2.24, 2.45) is 5.16 Å². The smallest absolute Gasteiger partial charge is 0.106 e. The zero-order chi connectivity index (χ0) is 8.10. The van der Waals surface area contributed by atoms with Gasteiger partial charge in [-0.15, -0.1) is 0 Å². The van der Waals surface area contributed by atoms with E-state index in [1.54, 1.807) is 6.21 Å². The van der Waals surface area contributed by atoms with Crippen molar-refractivity contribution < 1.29 is 4.84 Å². The fraction of sp³-hybridized carbons (Fsp3) is 0.222. The second kappa shape index (κ2) is 3.76. The van der Waals surface area contributed by atoms with Crippen LogP contribution in [0.3, 0.4) is 0 Å². The summed E-state index contributed by atoms with van der Waals surface area (Å²) in [4.78, 5) is 4.55. The summed E-state index contributed by atoms with van der Waals surface area (Å²) in [7, 11) is 1.53. The highest BCUT2D eigenvalue weighted by molar-refractivity contribution is 5.78. The van der Waals surface area contributed by atoms with Crippen molar-refractivity contribution in [2.75, 3.05) is 7.11 Å². The van der Waals surface area contributed by atoms with Crippen LogP contribution in [0, 0.1) is 6.92 Å². The Bertz CT molecular complexity index is 238. The van der Waals surface area contributed by atoms with Crippen LogP contribution < -0.4 is 0 Å². The zero-order valence-electron chi connectivity index (χ0n) is 6.74. The summed E-state index contributed by atoms with van der Waals surface area (Å²) in [6.07, 6.45) is 1.68. The number of hydrogen-bond acceptors (Lipinski definition) is 2. The molecule has 1 aromatic carbocycles. The van der Waals surface area contributed by atoms with Crippen molar-refractivity contribution in [3.63, 3.8) is 0 Å². The second-order valence-electron chi connectivity index (χ2n) is 2.33. The van der Waals surface area contributed by atoms with E-state index in [2.05, 4.69) is 16.9 Å². The Hall–Kier alpha value is -1.31. The van der Waals surface area contributed by atoms with Crippen molar-refractivity contribution in [1.82, 2.24) is 0 Å². The highest BCUT2D eigenvalue weighted by atomic mass is 16.6. The fourth-order valence-corrected chi connectivity index (χ4v) is 0.766. The molecule has 2 heteroatoms. The van der Waals surface area contributed by atoms with Gasteiger partial charge in [-0.2, -0.15) is 0 Å². The summed E-state index contributed by atoms with van der Waals surface area (Å²) < 4.78 is 0. The number of rotatable bonds is 2. The minimum Gasteiger partial charge on any atom is -0.399 e. The Morgan fingerprint density at radius 3 is 2.45 bits per heavy atom. The van der Waals surface area contributed by atoms with Gasteiger partial charge in [0.2, 0.25) is 0 Å². The van der Waals surface area contributed by atoms with Crippen molar-refractivity contribution in [3.05, 3.63) is 35.4 Å². The summed E-state index contributed by atoms with van der Waals surface area (Å²) in [6, 6.07) is 8.07. The molecule has 0 aliphatic heterocycles. The van der Waals surface area contributed by atoms with Crippen LogP contribution in [0.5, 0.6) is 0 Å². The monoisotopic (exact) mass is 149 g/mol. The van der Waals surface area contributed by atoms with E-state index in [9.17, 15) is 0 Å². The molecule has 0 aliphatic carbocycles. The van der Waals surface area contributed by atoms with Gasteiger partial charge in [0, 0.05) is 0 Å². The topological polar surface area (TPSA) is 21.6 Å². The van der Waals surface area contributed by atoms with Gasteiger partial charge in [-0.1, -0.05) is 35.0 Å². The van der Waals surface area contributed by atoms with Crippen LogP contribution in [0.15, 0.2) is 29.4 Å². The van der Waals surface area contributed by atoms with Crippen molar-refractivity contribution >= 4 is 6.21 Å². The molecule has 0 bridgehead atoms. The number of nitrogens with zero attached hydrogens (tertiary/aromatic N) is 1. The van der Waals surface area contributed by atoms with Crippen molar-refractivity contribution in [3.8, 4) is 0 Å². The molecule has 0 saturated carbocycles. The van der Waals surface area contributed by atoms with Gasteiger partial charge in [0.25, 0.3) is 0 Å². The molecule has 0 atom stereocenters. The molecule has 1 rings (SSSR count). The van der Waals surface area contributed by atoms with Crippen LogP contribution in [0.4, 0.5) is 0 Å². The van der Waals surface area contributed by atoms with E-state index in [1.807, 2.05) is 24.3 Å². The molecule has 0 aliphatic rings. The van der Waals surface area contributed by atoms with Gasteiger partial charge in [0.1, 0.15) is 7.11 Å². The summed E-state index contributed by atoms with van der Waals surface area (Å²) in [5, 5.41) is 3.65. The van der Waals surface area contributed by atoms with Crippen LogP contribution in [0.25, 0.3) is 0 Å². The highest BCUT2D eigenvalue weighted by Crippen LogP contribution is 1.99. The maximum Gasteiger partial charge on any atom is 0.106 e. The van der Waals surface area contributed by atoms with Crippen LogP contribution in [-0.2, 0) is 4.84 Å². The van der Waals surface area contributed by atoms with E-state index < -0.39 is 0 Å². The molecule has 0 saturated heterocycles. The summed E-state index contributed by atoms with van der Waals surface area (Å²) >= 11 is 0. The number of hydrogen-bond donors (Lipinski definition) is 0. The molecular formula is C9H11NO. The standard InChI is InChI=1S/C9H11NO/c1-8-3-5-9(6-4-8)7-10-11-2/h3-7H,1-2H3/b10-7+. The molecule has 1 aromatic rings. The fourth-order valence-electron chi connectivity index (χ4n) is 0.766. The third kappa shape index (κ3) is 2.42. The first kappa shape index (κ1) is 7.79.